The van der Waals surface area contributed by atoms with Gasteiger partial charge in [-0.15, -0.1) is 0 Å². The largest absolute Gasteiger partial charge is 0.362 e. The van der Waals surface area contributed by atoms with Gasteiger partial charge in [0.1, 0.15) is 10.7 Å². The van der Waals surface area contributed by atoms with Crippen LogP contribution in [0.4, 0.5) is 11.8 Å². The molecule has 2 aromatic carbocycles. The lowest BCUT2D eigenvalue weighted by Crippen LogP contribution is -2.32. The van der Waals surface area contributed by atoms with E-state index in [0.29, 0.717) is 24.0 Å². The van der Waals surface area contributed by atoms with E-state index < -0.39 is 10.0 Å². The summed E-state index contributed by atoms with van der Waals surface area (Å²) in [5, 5.41) is 13.4. The number of benzene rings is 2. The number of anilines is 2. The van der Waals surface area contributed by atoms with Gasteiger partial charge in [-0.05, 0) is 67.9 Å². The van der Waals surface area contributed by atoms with Crippen molar-refractivity contribution < 1.29 is 8.42 Å². The highest BCUT2D eigenvalue weighted by molar-refractivity contribution is 7.89. The fourth-order valence-electron chi connectivity index (χ4n) is 4.45. The molecule has 1 heterocycles. The molecule has 4 rings (SSSR count). The molecule has 0 amide bonds. The SMILES string of the molecule is CN(C)c1nc(NCC2CCC(CNS(=O)(=O)c3ccc(C#N)cc3Cl)CC2)nc2ccccc12. The number of rotatable bonds is 8. The molecule has 0 unspecified atom stereocenters. The first kappa shape index (κ1) is 25.2. The summed E-state index contributed by atoms with van der Waals surface area (Å²) in [5.74, 6) is 2.27. The summed E-state index contributed by atoms with van der Waals surface area (Å²) >= 11 is 6.09. The molecule has 0 atom stereocenters. The molecule has 2 N–H and O–H groups in total. The van der Waals surface area contributed by atoms with Gasteiger partial charge < -0.3 is 10.2 Å². The van der Waals surface area contributed by atoms with Crippen molar-refractivity contribution in [2.75, 3.05) is 37.4 Å². The molecule has 0 spiro atoms. The van der Waals surface area contributed by atoms with Crippen molar-refractivity contribution in [1.82, 2.24) is 14.7 Å². The van der Waals surface area contributed by atoms with Crippen molar-refractivity contribution >= 4 is 44.3 Å². The number of fused-ring (bicyclic) bond motifs is 1. The Labute approximate surface area is 211 Å². The number of nitrogens with zero attached hydrogens (tertiary/aromatic N) is 4. The molecule has 184 valence electrons. The number of halogens is 1. The summed E-state index contributed by atoms with van der Waals surface area (Å²) in [5.41, 5.74) is 1.24. The van der Waals surface area contributed by atoms with Gasteiger partial charge in [-0.2, -0.15) is 10.2 Å². The maximum atomic E-state index is 12.7. The molecule has 1 aromatic heterocycles. The summed E-state index contributed by atoms with van der Waals surface area (Å²) in [6.07, 6.45) is 3.89. The van der Waals surface area contributed by atoms with E-state index in [1.54, 1.807) is 0 Å². The molecule has 35 heavy (non-hydrogen) atoms. The Kier molecular flexibility index (Phi) is 7.75. The zero-order valence-corrected chi connectivity index (χ0v) is 21.4. The molecule has 1 aliphatic carbocycles. The van der Waals surface area contributed by atoms with Crippen LogP contribution in [0, 0.1) is 23.2 Å². The van der Waals surface area contributed by atoms with Gasteiger partial charge in [0.2, 0.25) is 16.0 Å². The standard InChI is InChI=1S/C25H29ClN6O2S/c1-32(2)24-20-5-3-4-6-22(20)30-25(31-24)28-15-17-7-9-18(10-8-17)16-29-35(33,34)23-12-11-19(14-27)13-21(23)26/h3-6,11-13,17-18,29H,7-10,15-16H2,1-2H3,(H,28,30,31). The Balaban J connectivity index is 1.29. The first-order valence-corrected chi connectivity index (χ1v) is 13.5. The van der Waals surface area contributed by atoms with Crippen LogP contribution in [0.5, 0.6) is 0 Å². The highest BCUT2D eigenvalue weighted by Gasteiger charge is 2.24. The second kappa shape index (κ2) is 10.8. The maximum absolute atomic E-state index is 12.7. The topological polar surface area (TPSA) is 111 Å². The number of hydrogen-bond acceptors (Lipinski definition) is 7. The van der Waals surface area contributed by atoms with E-state index in [-0.39, 0.29) is 15.8 Å². The molecule has 1 saturated carbocycles. The maximum Gasteiger partial charge on any atom is 0.242 e. The van der Waals surface area contributed by atoms with E-state index in [9.17, 15) is 8.42 Å². The predicted molar refractivity (Wildman–Crippen MR) is 139 cm³/mol. The van der Waals surface area contributed by atoms with Crippen LogP contribution in [0.2, 0.25) is 5.02 Å². The van der Waals surface area contributed by atoms with Crippen LogP contribution in [0.3, 0.4) is 0 Å². The van der Waals surface area contributed by atoms with Crippen molar-refractivity contribution in [3.63, 3.8) is 0 Å². The van der Waals surface area contributed by atoms with Crippen LogP contribution in [0.15, 0.2) is 47.4 Å². The Morgan fingerprint density at radius 2 is 1.74 bits per heavy atom. The molecule has 0 saturated heterocycles. The van der Waals surface area contributed by atoms with Crippen LogP contribution >= 0.6 is 11.6 Å². The molecular weight excluding hydrogens is 484 g/mol. The van der Waals surface area contributed by atoms with Gasteiger partial charge in [0, 0.05) is 32.6 Å². The molecule has 10 heteroatoms. The molecule has 1 aliphatic rings. The lowest BCUT2D eigenvalue weighted by molar-refractivity contribution is 0.284. The number of sulfonamides is 1. The minimum atomic E-state index is -3.73. The third-order valence-electron chi connectivity index (χ3n) is 6.43. The summed E-state index contributed by atoms with van der Waals surface area (Å²) in [6.45, 7) is 1.16. The summed E-state index contributed by atoms with van der Waals surface area (Å²) in [4.78, 5) is 11.4. The van der Waals surface area contributed by atoms with Crippen molar-refractivity contribution in [3.05, 3.63) is 53.1 Å². The lowest BCUT2D eigenvalue weighted by Gasteiger charge is -2.29. The normalized spacial score (nSPS) is 18.2. The lowest BCUT2D eigenvalue weighted by atomic mass is 9.82. The highest BCUT2D eigenvalue weighted by Crippen LogP contribution is 2.30. The van der Waals surface area contributed by atoms with Gasteiger partial charge >= 0.3 is 0 Å². The molecule has 1 fully saturated rings. The zero-order chi connectivity index (χ0) is 25.0. The molecular formula is C25H29ClN6O2S. The predicted octanol–water partition coefficient (Wildman–Crippen LogP) is 4.42. The number of aromatic nitrogens is 2. The average Bonchev–Trinajstić information content (AvgIpc) is 2.86. The first-order chi connectivity index (χ1) is 16.8. The molecule has 3 aromatic rings. The van der Waals surface area contributed by atoms with E-state index in [0.717, 1.165) is 48.9 Å². The third kappa shape index (κ3) is 6.01. The number of hydrogen-bond donors (Lipinski definition) is 2. The van der Waals surface area contributed by atoms with Crippen LogP contribution in [-0.2, 0) is 10.0 Å². The third-order valence-corrected chi connectivity index (χ3v) is 8.34. The van der Waals surface area contributed by atoms with Crippen LogP contribution in [0.25, 0.3) is 10.9 Å². The fourth-order valence-corrected chi connectivity index (χ4v) is 6.11. The zero-order valence-electron chi connectivity index (χ0n) is 19.8. The first-order valence-electron chi connectivity index (χ1n) is 11.6. The van der Waals surface area contributed by atoms with Gasteiger partial charge in [-0.1, -0.05) is 23.7 Å². The Bertz CT molecular complexity index is 1350. The monoisotopic (exact) mass is 512 g/mol. The van der Waals surface area contributed by atoms with E-state index in [4.69, 9.17) is 21.8 Å². The van der Waals surface area contributed by atoms with E-state index in [1.807, 2.05) is 49.3 Å². The average molecular weight is 513 g/mol. The summed E-state index contributed by atoms with van der Waals surface area (Å²) in [7, 11) is 0.223. The second-order valence-electron chi connectivity index (χ2n) is 9.16. The van der Waals surface area contributed by atoms with E-state index in [1.165, 1.54) is 18.2 Å². The Morgan fingerprint density at radius 1 is 1.06 bits per heavy atom. The minimum Gasteiger partial charge on any atom is -0.362 e. The van der Waals surface area contributed by atoms with Crippen molar-refractivity contribution in [3.8, 4) is 6.07 Å². The van der Waals surface area contributed by atoms with Crippen molar-refractivity contribution in [1.29, 1.82) is 5.26 Å². The summed E-state index contributed by atoms with van der Waals surface area (Å²) < 4.78 is 28.1. The van der Waals surface area contributed by atoms with E-state index in [2.05, 4.69) is 15.0 Å². The second-order valence-corrected chi connectivity index (χ2v) is 11.3. The minimum absolute atomic E-state index is 0.00327. The molecule has 0 bridgehead atoms. The number of nitrogens with one attached hydrogen (secondary N) is 2. The van der Waals surface area contributed by atoms with Gasteiger partial charge in [0.15, 0.2) is 0 Å². The quantitative estimate of drug-likeness (QED) is 0.459. The van der Waals surface area contributed by atoms with Crippen molar-refractivity contribution in [2.24, 2.45) is 11.8 Å². The number of para-hydroxylation sites is 1. The Morgan fingerprint density at radius 3 is 2.40 bits per heavy atom. The molecule has 8 nitrogen and oxygen atoms in total. The van der Waals surface area contributed by atoms with Crippen LogP contribution < -0.4 is 14.9 Å². The van der Waals surface area contributed by atoms with E-state index >= 15 is 0 Å². The smallest absolute Gasteiger partial charge is 0.242 e. The van der Waals surface area contributed by atoms with Gasteiger partial charge in [0.25, 0.3) is 0 Å². The highest BCUT2D eigenvalue weighted by atomic mass is 35.5. The van der Waals surface area contributed by atoms with Gasteiger partial charge in [0.05, 0.1) is 22.2 Å². The summed E-state index contributed by atoms with van der Waals surface area (Å²) in [6, 6.07) is 14.1. The molecule has 0 aliphatic heterocycles. The number of nitriles is 1. The fraction of sp³-hybridized carbons (Fsp3) is 0.400. The van der Waals surface area contributed by atoms with Crippen LogP contribution in [-0.4, -0.2) is 45.6 Å². The van der Waals surface area contributed by atoms with Gasteiger partial charge in [-0.25, -0.2) is 18.1 Å². The van der Waals surface area contributed by atoms with Crippen LogP contribution in [0.1, 0.15) is 31.2 Å². The van der Waals surface area contributed by atoms with Gasteiger partial charge in [-0.3, -0.25) is 0 Å². The van der Waals surface area contributed by atoms with Crippen molar-refractivity contribution in [2.45, 2.75) is 30.6 Å². The molecule has 0 radical (unpaired) electrons. The Hall–Kier alpha value is -2.93.